The number of rotatable bonds is 5. The number of nitrogens with one attached hydrogen (secondary N) is 1. The van der Waals surface area contributed by atoms with Crippen molar-refractivity contribution in [2.75, 3.05) is 26.8 Å². The molecule has 7 nitrogen and oxygen atoms in total. The zero-order valence-corrected chi connectivity index (χ0v) is 11.5. The molecular weight excluding hydrogens is 260 g/mol. The van der Waals surface area contributed by atoms with Crippen molar-refractivity contribution in [1.82, 2.24) is 10.2 Å². The number of hydrogen-bond acceptors (Lipinski definition) is 7. The predicted molar refractivity (Wildman–Crippen MR) is 74.9 cm³/mol. The highest BCUT2D eigenvalue weighted by molar-refractivity contribution is 5.74. The molecule has 0 unspecified atom stereocenters. The van der Waals surface area contributed by atoms with Gasteiger partial charge in [-0.3, -0.25) is 0 Å². The molecule has 2 rings (SSSR count). The molecule has 0 atom stereocenters. The van der Waals surface area contributed by atoms with E-state index in [-0.39, 0.29) is 0 Å². The number of methoxy groups -OCH3 is 3. The molecule has 1 aromatic carbocycles. The molecule has 0 aliphatic carbocycles. The Labute approximate surface area is 116 Å². The normalized spacial score (nSPS) is 10.0. The van der Waals surface area contributed by atoms with Crippen molar-refractivity contribution in [3.05, 3.63) is 24.3 Å². The lowest BCUT2D eigenvalue weighted by molar-refractivity contribution is 0.325. The van der Waals surface area contributed by atoms with Crippen LogP contribution in [0.2, 0.25) is 0 Å². The maximum absolute atomic E-state index is 5.41. The Bertz CT molecular complexity index is 587. The van der Waals surface area contributed by atoms with Crippen molar-refractivity contribution >= 4 is 5.82 Å². The maximum Gasteiger partial charge on any atom is 0.203 e. The summed E-state index contributed by atoms with van der Waals surface area (Å²) in [5, 5.41) is 8.02. The minimum Gasteiger partial charge on any atom is -0.493 e. The summed E-state index contributed by atoms with van der Waals surface area (Å²) in [6.45, 7) is 0. The first-order chi connectivity index (χ1) is 9.74. The van der Waals surface area contributed by atoms with Gasteiger partial charge in [-0.2, -0.15) is 0 Å². The molecule has 0 radical (unpaired) electrons. The third-order valence-electron chi connectivity index (χ3n) is 2.79. The number of ether oxygens (including phenoxy) is 3. The fourth-order valence-corrected chi connectivity index (χ4v) is 1.86. The number of nitrogen functional groups attached to an aromatic ring is 1. The SMILES string of the molecule is COc1ccc(-c2ccc(NN)nn2)c(OC)c1OC. The average molecular weight is 276 g/mol. The number of nitrogens with two attached hydrogens (primary N) is 1. The molecule has 2 aromatic rings. The van der Waals surface area contributed by atoms with Gasteiger partial charge in [0, 0.05) is 5.56 Å². The highest BCUT2D eigenvalue weighted by Gasteiger charge is 2.17. The number of aromatic nitrogens is 2. The molecule has 0 spiro atoms. The molecule has 0 bridgehead atoms. The zero-order chi connectivity index (χ0) is 14.5. The van der Waals surface area contributed by atoms with Crippen LogP contribution in [0.1, 0.15) is 0 Å². The van der Waals surface area contributed by atoms with Gasteiger partial charge in [0.1, 0.15) is 0 Å². The fraction of sp³-hybridized carbons (Fsp3) is 0.231. The van der Waals surface area contributed by atoms with Crippen LogP contribution in [0.5, 0.6) is 17.2 Å². The molecular formula is C13H16N4O3. The van der Waals surface area contributed by atoms with Crippen LogP contribution in [0.4, 0.5) is 5.82 Å². The molecule has 0 saturated carbocycles. The third kappa shape index (κ3) is 2.43. The summed E-state index contributed by atoms with van der Waals surface area (Å²) in [6.07, 6.45) is 0. The van der Waals surface area contributed by atoms with Crippen LogP contribution < -0.4 is 25.5 Å². The topological polar surface area (TPSA) is 91.5 Å². The van der Waals surface area contributed by atoms with Crippen LogP contribution in [0.3, 0.4) is 0 Å². The zero-order valence-electron chi connectivity index (χ0n) is 11.5. The summed E-state index contributed by atoms with van der Waals surface area (Å²) in [5.41, 5.74) is 3.82. The molecule has 0 amide bonds. The molecule has 3 N–H and O–H groups in total. The van der Waals surface area contributed by atoms with Gasteiger partial charge >= 0.3 is 0 Å². The van der Waals surface area contributed by atoms with Crippen LogP contribution in [-0.4, -0.2) is 31.5 Å². The highest BCUT2D eigenvalue weighted by atomic mass is 16.5. The van der Waals surface area contributed by atoms with Gasteiger partial charge < -0.3 is 19.6 Å². The van der Waals surface area contributed by atoms with Gasteiger partial charge in [-0.25, -0.2) is 5.84 Å². The number of anilines is 1. The largest absolute Gasteiger partial charge is 0.493 e. The summed E-state index contributed by atoms with van der Waals surface area (Å²) in [4.78, 5) is 0. The minimum atomic E-state index is 0.480. The monoisotopic (exact) mass is 276 g/mol. The Kier molecular flexibility index (Phi) is 4.21. The van der Waals surface area contributed by atoms with E-state index in [1.807, 2.05) is 6.07 Å². The second kappa shape index (κ2) is 6.07. The summed E-state index contributed by atoms with van der Waals surface area (Å²) in [7, 11) is 4.68. The van der Waals surface area contributed by atoms with E-state index in [1.54, 1.807) is 39.5 Å². The number of benzene rings is 1. The number of hydrogen-bond donors (Lipinski definition) is 2. The van der Waals surface area contributed by atoms with Crippen molar-refractivity contribution in [2.45, 2.75) is 0 Å². The lowest BCUT2D eigenvalue weighted by Gasteiger charge is -2.15. The van der Waals surface area contributed by atoms with Gasteiger partial charge in [0.2, 0.25) is 5.75 Å². The summed E-state index contributed by atoms with van der Waals surface area (Å²) >= 11 is 0. The Hall–Kier alpha value is -2.54. The van der Waals surface area contributed by atoms with E-state index in [1.165, 1.54) is 0 Å². The van der Waals surface area contributed by atoms with E-state index >= 15 is 0 Å². The average Bonchev–Trinajstić information content (AvgIpc) is 2.53. The van der Waals surface area contributed by atoms with E-state index in [0.29, 0.717) is 28.8 Å². The standard InChI is InChI=1S/C13H16N4O3/c1-18-10-6-4-8(12(19-2)13(10)20-3)9-5-7-11(15-14)17-16-9/h4-7H,14H2,1-3H3,(H,15,17). The lowest BCUT2D eigenvalue weighted by Crippen LogP contribution is -2.09. The van der Waals surface area contributed by atoms with E-state index in [9.17, 15) is 0 Å². The molecule has 0 aliphatic heterocycles. The molecule has 20 heavy (non-hydrogen) atoms. The van der Waals surface area contributed by atoms with Gasteiger partial charge in [-0.05, 0) is 24.3 Å². The Morgan fingerprint density at radius 3 is 2.15 bits per heavy atom. The van der Waals surface area contributed by atoms with Crippen molar-refractivity contribution < 1.29 is 14.2 Å². The van der Waals surface area contributed by atoms with E-state index in [4.69, 9.17) is 20.1 Å². The van der Waals surface area contributed by atoms with Crippen LogP contribution in [-0.2, 0) is 0 Å². The predicted octanol–water partition coefficient (Wildman–Crippen LogP) is 1.45. The van der Waals surface area contributed by atoms with Gasteiger partial charge in [-0.15, -0.1) is 10.2 Å². The molecule has 1 aromatic heterocycles. The Balaban J connectivity index is 2.55. The second-order valence-corrected chi connectivity index (χ2v) is 3.83. The first kappa shape index (κ1) is 13.9. The van der Waals surface area contributed by atoms with Crippen LogP contribution in [0, 0.1) is 0 Å². The Morgan fingerprint density at radius 2 is 1.65 bits per heavy atom. The van der Waals surface area contributed by atoms with Crippen molar-refractivity contribution in [3.8, 4) is 28.5 Å². The Morgan fingerprint density at radius 1 is 0.900 bits per heavy atom. The van der Waals surface area contributed by atoms with Gasteiger partial charge in [-0.1, -0.05) is 0 Å². The smallest absolute Gasteiger partial charge is 0.203 e. The fourth-order valence-electron chi connectivity index (χ4n) is 1.86. The second-order valence-electron chi connectivity index (χ2n) is 3.83. The highest BCUT2D eigenvalue weighted by Crippen LogP contribution is 2.43. The number of hydrazine groups is 1. The molecule has 106 valence electrons. The molecule has 0 fully saturated rings. The van der Waals surface area contributed by atoms with Gasteiger partial charge in [0.15, 0.2) is 17.3 Å². The first-order valence-corrected chi connectivity index (χ1v) is 5.84. The van der Waals surface area contributed by atoms with Gasteiger partial charge in [0.25, 0.3) is 0 Å². The third-order valence-corrected chi connectivity index (χ3v) is 2.79. The quantitative estimate of drug-likeness (QED) is 0.631. The molecule has 7 heteroatoms. The minimum absolute atomic E-state index is 0.480. The van der Waals surface area contributed by atoms with Crippen molar-refractivity contribution in [2.24, 2.45) is 5.84 Å². The van der Waals surface area contributed by atoms with Crippen LogP contribution in [0.25, 0.3) is 11.3 Å². The molecule has 0 saturated heterocycles. The molecule has 1 heterocycles. The maximum atomic E-state index is 5.41. The summed E-state index contributed by atoms with van der Waals surface area (Å²) in [6, 6.07) is 7.12. The van der Waals surface area contributed by atoms with Gasteiger partial charge in [0.05, 0.1) is 27.0 Å². The summed E-state index contributed by atoms with van der Waals surface area (Å²) < 4.78 is 16.0. The lowest BCUT2D eigenvalue weighted by atomic mass is 10.1. The summed E-state index contributed by atoms with van der Waals surface area (Å²) in [5.74, 6) is 7.38. The molecule has 0 aliphatic rings. The van der Waals surface area contributed by atoms with E-state index < -0.39 is 0 Å². The number of nitrogens with zero attached hydrogens (tertiary/aromatic N) is 2. The van der Waals surface area contributed by atoms with Crippen molar-refractivity contribution in [1.29, 1.82) is 0 Å². The van der Waals surface area contributed by atoms with E-state index in [0.717, 1.165) is 5.56 Å². The van der Waals surface area contributed by atoms with Crippen molar-refractivity contribution in [3.63, 3.8) is 0 Å². The van der Waals surface area contributed by atoms with Crippen LogP contribution >= 0.6 is 0 Å². The van der Waals surface area contributed by atoms with E-state index in [2.05, 4.69) is 15.6 Å². The van der Waals surface area contributed by atoms with Crippen LogP contribution in [0.15, 0.2) is 24.3 Å². The first-order valence-electron chi connectivity index (χ1n) is 5.84.